The van der Waals surface area contributed by atoms with E-state index in [0.29, 0.717) is 29.2 Å². The maximum atomic E-state index is 12.8. The van der Waals surface area contributed by atoms with Gasteiger partial charge in [0.05, 0.1) is 0 Å². The van der Waals surface area contributed by atoms with Gasteiger partial charge in [-0.2, -0.15) is 4.31 Å². The quantitative estimate of drug-likeness (QED) is 0.814. The van der Waals surface area contributed by atoms with Gasteiger partial charge < -0.3 is 9.47 Å². The molecule has 1 heterocycles. The van der Waals surface area contributed by atoms with Gasteiger partial charge in [0.1, 0.15) is 18.1 Å². The Morgan fingerprint density at radius 3 is 2.33 bits per heavy atom. The summed E-state index contributed by atoms with van der Waals surface area (Å²) in [6.07, 6.45) is 4.04. The van der Waals surface area contributed by atoms with Crippen LogP contribution in [0.5, 0.6) is 11.5 Å². The van der Waals surface area contributed by atoms with Gasteiger partial charge in [-0.25, -0.2) is 8.42 Å². The number of hydrogen-bond donors (Lipinski definition) is 0. The number of ether oxygens (including phenoxy) is 2. The second kappa shape index (κ2) is 5.78. The van der Waals surface area contributed by atoms with Crippen LogP contribution in [0.4, 0.5) is 0 Å². The minimum absolute atomic E-state index is 0.0927. The Morgan fingerprint density at radius 1 is 1.14 bits per heavy atom. The first kappa shape index (κ1) is 15.1. The van der Waals surface area contributed by atoms with Gasteiger partial charge in [0.25, 0.3) is 0 Å². The van der Waals surface area contributed by atoms with E-state index < -0.39 is 10.0 Å². The predicted molar refractivity (Wildman–Crippen MR) is 82.3 cm³/mol. The van der Waals surface area contributed by atoms with Crippen molar-refractivity contribution in [1.29, 1.82) is 0 Å². The third kappa shape index (κ3) is 2.78. The van der Waals surface area contributed by atoms with Gasteiger partial charge in [0.2, 0.25) is 10.0 Å². The lowest BCUT2D eigenvalue weighted by molar-refractivity contribution is 0.171. The van der Waals surface area contributed by atoms with E-state index in [1.165, 1.54) is 4.31 Å². The van der Waals surface area contributed by atoms with E-state index in [1.54, 1.807) is 19.2 Å². The Morgan fingerprint density at radius 2 is 1.71 bits per heavy atom. The van der Waals surface area contributed by atoms with Crippen molar-refractivity contribution < 1.29 is 17.9 Å². The molecule has 1 aromatic rings. The summed E-state index contributed by atoms with van der Waals surface area (Å²) >= 11 is 3.35. The minimum Gasteiger partial charge on any atom is -0.486 e. The van der Waals surface area contributed by atoms with Crippen LogP contribution in [-0.2, 0) is 10.0 Å². The molecule has 1 aromatic carbocycles. The van der Waals surface area contributed by atoms with Gasteiger partial charge in [0, 0.05) is 23.6 Å². The van der Waals surface area contributed by atoms with E-state index >= 15 is 0 Å². The van der Waals surface area contributed by atoms with Crippen LogP contribution in [-0.4, -0.2) is 39.0 Å². The fourth-order valence-electron chi connectivity index (χ4n) is 2.86. The van der Waals surface area contributed by atoms with E-state index in [9.17, 15) is 8.42 Å². The van der Waals surface area contributed by atoms with E-state index in [0.717, 1.165) is 25.7 Å². The predicted octanol–water partition coefficient (Wildman–Crippen LogP) is 2.78. The second-order valence-corrected chi connectivity index (χ2v) is 8.21. The average molecular weight is 376 g/mol. The fraction of sp³-hybridized carbons (Fsp3) is 0.571. The molecule has 1 aliphatic heterocycles. The average Bonchev–Trinajstić information content (AvgIpc) is 2.99. The first-order chi connectivity index (χ1) is 10.00. The van der Waals surface area contributed by atoms with E-state index in [2.05, 4.69) is 15.9 Å². The molecule has 0 atom stereocenters. The van der Waals surface area contributed by atoms with Crippen molar-refractivity contribution in [2.24, 2.45) is 0 Å². The van der Waals surface area contributed by atoms with Gasteiger partial charge in [-0.3, -0.25) is 0 Å². The molecule has 1 fully saturated rings. The molecule has 116 valence electrons. The molecule has 0 aromatic heterocycles. The number of benzene rings is 1. The van der Waals surface area contributed by atoms with Crippen LogP contribution in [0.3, 0.4) is 0 Å². The largest absolute Gasteiger partial charge is 0.486 e. The van der Waals surface area contributed by atoms with Gasteiger partial charge in [-0.05, 0) is 34.8 Å². The lowest BCUT2D eigenvalue weighted by atomic mass is 10.3. The number of sulfonamides is 1. The monoisotopic (exact) mass is 375 g/mol. The number of fused-ring (bicyclic) bond motifs is 1. The normalized spacial score (nSPS) is 19.2. The zero-order valence-corrected chi connectivity index (χ0v) is 14.2. The Kier molecular flexibility index (Phi) is 4.16. The van der Waals surface area contributed by atoms with Crippen molar-refractivity contribution in [3.8, 4) is 11.5 Å². The first-order valence-corrected chi connectivity index (χ1v) is 9.30. The Hall–Kier alpha value is -0.790. The van der Waals surface area contributed by atoms with Crippen LogP contribution in [0.15, 0.2) is 21.5 Å². The van der Waals surface area contributed by atoms with E-state index in [1.807, 2.05) is 0 Å². The molecule has 5 nitrogen and oxygen atoms in total. The summed E-state index contributed by atoms with van der Waals surface area (Å²) < 4.78 is 38.6. The van der Waals surface area contributed by atoms with Crippen molar-refractivity contribution in [3.05, 3.63) is 16.6 Å². The van der Waals surface area contributed by atoms with Crippen molar-refractivity contribution >= 4 is 26.0 Å². The van der Waals surface area contributed by atoms with E-state index in [4.69, 9.17) is 9.47 Å². The second-order valence-electron chi connectivity index (χ2n) is 5.39. The number of hydrogen-bond acceptors (Lipinski definition) is 4. The van der Waals surface area contributed by atoms with Crippen molar-refractivity contribution in [3.63, 3.8) is 0 Å². The maximum absolute atomic E-state index is 12.8. The number of rotatable bonds is 3. The van der Waals surface area contributed by atoms with Crippen LogP contribution in [0.2, 0.25) is 0 Å². The number of nitrogens with zero attached hydrogens (tertiary/aromatic N) is 1. The number of halogens is 1. The topological polar surface area (TPSA) is 55.8 Å². The van der Waals surface area contributed by atoms with Crippen molar-refractivity contribution in [2.75, 3.05) is 20.3 Å². The van der Waals surface area contributed by atoms with Crippen LogP contribution >= 0.6 is 15.9 Å². The summed E-state index contributed by atoms with van der Waals surface area (Å²) in [6, 6.07) is 3.32. The first-order valence-electron chi connectivity index (χ1n) is 7.07. The third-order valence-electron chi connectivity index (χ3n) is 4.09. The SMILES string of the molecule is CN(C1CCCC1)S(=O)(=O)c1cc2c(cc1Br)OCCO2. The van der Waals surface area contributed by atoms with Crippen LogP contribution < -0.4 is 9.47 Å². The maximum Gasteiger partial charge on any atom is 0.244 e. The highest BCUT2D eigenvalue weighted by atomic mass is 79.9. The highest BCUT2D eigenvalue weighted by Gasteiger charge is 2.32. The minimum atomic E-state index is -3.54. The molecule has 0 amide bonds. The smallest absolute Gasteiger partial charge is 0.244 e. The molecule has 21 heavy (non-hydrogen) atoms. The van der Waals surface area contributed by atoms with Gasteiger partial charge >= 0.3 is 0 Å². The highest BCUT2D eigenvalue weighted by molar-refractivity contribution is 9.10. The molecule has 2 aliphatic rings. The summed E-state index contributed by atoms with van der Waals surface area (Å²) in [5.74, 6) is 1.07. The molecule has 7 heteroatoms. The van der Waals surface area contributed by atoms with E-state index in [-0.39, 0.29) is 10.9 Å². The highest BCUT2D eigenvalue weighted by Crippen LogP contribution is 2.39. The summed E-state index contributed by atoms with van der Waals surface area (Å²) in [6.45, 7) is 0.917. The fourth-order valence-corrected chi connectivity index (χ4v) is 5.27. The van der Waals surface area contributed by atoms with Crippen LogP contribution in [0.25, 0.3) is 0 Å². The van der Waals surface area contributed by atoms with Gasteiger partial charge in [-0.15, -0.1) is 0 Å². The Balaban J connectivity index is 1.98. The van der Waals surface area contributed by atoms with Crippen LogP contribution in [0.1, 0.15) is 25.7 Å². The molecule has 0 bridgehead atoms. The van der Waals surface area contributed by atoms with Crippen LogP contribution in [0, 0.1) is 0 Å². The lowest BCUT2D eigenvalue weighted by Crippen LogP contribution is -2.35. The lowest BCUT2D eigenvalue weighted by Gasteiger charge is -2.25. The molecule has 0 radical (unpaired) electrons. The van der Waals surface area contributed by atoms with Crippen molar-refractivity contribution in [1.82, 2.24) is 4.31 Å². The summed E-state index contributed by atoms with van der Waals surface area (Å²) in [7, 11) is -1.87. The molecule has 3 rings (SSSR count). The molecule has 0 spiro atoms. The standard InChI is InChI=1S/C14H18BrNO4S/c1-16(10-4-2-3-5-10)21(17,18)14-9-13-12(8-11(14)15)19-6-7-20-13/h8-10H,2-7H2,1H3. The Bertz CT molecular complexity index is 641. The molecular weight excluding hydrogens is 358 g/mol. The molecule has 1 aliphatic carbocycles. The zero-order chi connectivity index (χ0) is 15.0. The molecular formula is C14H18BrNO4S. The third-order valence-corrected chi connectivity index (χ3v) is 6.96. The molecule has 1 saturated carbocycles. The summed E-state index contributed by atoms with van der Waals surface area (Å²) in [4.78, 5) is 0.237. The molecule has 0 N–H and O–H groups in total. The Labute approximate surface area is 133 Å². The summed E-state index contributed by atoms with van der Waals surface area (Å²) in [5.41, 5.74) is 0. The molecule has 0 unspecified atom stereocenters. The summed E-state index contributed by atoms with van der Waals surface area (Å²) in [5, 5.41) is 0. The molecule has 0 saturated heterocycles. The van der Waals surface area contributed by atoms with Gasteiger partial charge in [0.15, 0.2) is 11.5 Å². The van der Waals surface area contributed by atoms with Gasteiger partial charge in [-0.1, -0.05) is 12.8 Å². The zero-order valence-electron chi connectivity index (χ0n) is 11.8. The van der Waals surface area contributed by atoms with Crippen molar-refractivity contribution in [2.45, 2.75) is 36.6 Å².